The van der Waals surface area contributed by atoms with Crippen LogP contribution in [0.3, 0.4) is 0 Å². The number of phenols is 1. The van der Waals surface area contributed by atoms with Crippen LogP contribution in [0.25, 0.3) is 98.4 Å². The van der Waals surface area contributed by atoms with Crippen LogP contribution in [0.2, 0.25) is 0 Å². The largest absolute Gasteiger partial charge is 0.508 e. The maximum absolute atomic E-state index is 13.5. The normalized spacial score (nSPS) is 11.8. The maximum atomic E-state index is 13.5. The van der Waals surface area contributed by atoms with Crippen molar-refractivity contribution in [2.24, 2.45) is 0 Å². The molecule has 1 N–H and O–H groups in total. The fourth-order valence-corrected chi connectivity index (χ4v) is 7.98. The standard InChI is InChI=1S/C46H26O5S/c47-27-15-17-29-25(21-27)13-19-43-39(29)23-41(45(48)50-43)37-11-3-7-33-31(5-1-9-35(33)37)32-6-2-10-36-34(32)8-4-12-38(36)42-24-40-30-18-16-28(52)22-26(30)14-20-44(40)51-46(42)49/h1-24,47,52H. The molecule has 5 nitrogen and oxygen atoms in total. The molecule has 8 aromatic carbocycles. The molecule has 0 aliphatic carbocycles. The molecule has 2 heterocycles. The minimum atomic E-state index is -0.425. The summed E-state index contributed by atoms with van der Waals surface area (Å²) in [4.78, 5) is 27.9. The highest BCUT2D eigenvalue weighted by atomic mass is 32.1. The lowest BCUT2D eigenvalue weighted by Crippen LogP contribution is -2.03. The Hall–Kier alpha value is -6.63. The van der Waals surface area contributed by atoms with Gasteiger partial charge in [0, 0.05) is 15.7 Å². The molecule has 0 saturated heterocycles. The SMILES string of the molecule is O=c1oc2ccc3cc(O)ccc3c2cc1-c1cccc2c(-c3cccc4c(-c5cc6c(ccc7cc(S)ccc76)oc5=O)cccc34)cccc12. The highest BCUT2D eigenvalue weighted by Crippen LogP contribution is 2.40. The Morgan fingerprint density at radius 3 is 1.29 bits per heavy atom. The monoisotopic (exact) mass is 690 g/mol. The third-order valence-electron chi connectivity index (χ3n) is 10.1. The summed E-state index contributed by atoms with van der Waals surface area (Å²) in [7, 11) is 0. The van der Waals surface area contributed by atoms with E-state index >= 15 is 0 Å². The molecule has 52 heavy (non-hydrogen) atoms. The smallest absolute Gasteiger partial charge is 0.344 e. The van der Waals surface area contributed by atoms with E-state index in [0.29, 0.717) is 22.3 Å². The van der Waals surface area contributed by atoms with Gasteiger partial charge < -0.3 is 13.9 Å². The summed E-state index contributed by atoms with van der Waals surface area (Å²) in [5.74, 6) is 0.175. The van der Waals surface area contributed by atoms with Gasteiger partial charge in [0.1, 0.15) is 16.9 Å². The summed E-state index contributed by atoms with van der Waals surface area (Å²) in [5, 5.41) is 19.2. The average molecular weight is 691 g/mol. The summed E-state index contributed by atoms with van der Waals surface area (Å²) in [5.41, 5.74) is 4.68. The average Bonchev–Trinajstić information content (AvgIpc) is 3.16. The fraction of sp³-hybridized carbons (Fsp3) is 0. The molecule has 0 bridgehead atoms. The van der Waals surface area contributed by atoms with E-state index in [2.05, 4.69) is 36.9 Å². The van der Waals surface area contributed by atoms with Crippen LogP contribution in [-0.4, -0.2) is 5.11 Å². The van der Waals surface area contributed by atoms with Crippen LogP contribution in [0.1, 0.15) is 0 Å². The number of hydrogen-bond acceptors (Lipinski definition) is 6. The van der Waals surface area contributed by atoms with Crippen molar-refractivity contribution in [1.82, 2.24) is 0 Å². The topological polar surface area (TPSA) is 80.7 Å². The van der Waals surface area contributed by atoms with E-state index in [-0.39, 0.29) is 5.75 Å². The van der Waals surface area contributed by atoms with Gasteiger partial charge in [-0.1, -0.05) is 91.0 Å². The van der Waals surface area contributed by atoms with Crippen molar-refractivity contribution in [2.75, 3.05) is 0 Å². The van der Waals surface area contributed by atoms with Gasteiger partial charge in [-0.15, -0.1) is 12.6 Å². The molecular formula is C46H26O5S. The second kappa shape index (κ2) is 11.5. The first kappa shape index (κ1) is 30.2. The molecule has 0 radical (unpaired) electrons. The third kappa shape index (κ3) is 4.65. The summed E-state index contributed by atoms with van der Waals surface area (Å²) >= 11 is 4.51. The summed E-state index contributed by atoms with van der Waals surface area (Å²) < 4.78 is 11.8. The molecule has 0 atom stereocenters. The first-order valence-corrected chi connectivity index (χ1v) is 17.3. The molecule has 0 fully saturated rings. The molecule has 0 aliphatic rings. The molecule has 10 aromatic rings. The zero-order chi connectivity index (χ0) is 35.1. The zero-order valence-corrected chi connectivity index (χ0v) is 28.3. The van der Waals surface area contributed by atoms with Crippen LogP contribution in [0.5, 0.6) is 5.75 Å². The van der Waals surface area contributed by atoms with Crippen molar-refractivity contribution in [1.29, 1.82) is 0 Å². The number of fused-ring (bicyclic) bond motifs is 8. The molecule has 0 unspecified atom stereocenters. The van der Waals surface area contributed by atoms with E-state index in [0.717, 1.165) is 81.0 Å². The summed E-state index contributed by atoms with van der Waals surface area (Å²) in [6.07, 6.45) is 0. The molecule has 10 rings (SSSR count). The minimum absolute atomic E-state index is 0.175. The van der Waals surface area contributed by atoms with Gasteiger partial charge in [0.15, 0.2) is 0 Å². The van der Waals surface area contributed by atoms with Gasteiger partial charge in [-0.05, 0) is 120 Å². The summed E-state index contributed by atoms with van der Waals surface area (Å²) in [6.45, 7) is 0. The molecule has 246 valence electrons. The van der Waals surface area contributed by atoms with E-state index < -0.39 is 11.3 Å². The first-order valence-electron chi connectivity index (χ1n) is 16.9. The van der Waals surface area contributed by atoms with E-state index in [1.54, 1.807) is 18.2 Å². The Morgan fingerprint density at radius 1 is 0.385 bits per heavy atom. The van der Waals surface area contributed by atoms with Crippen molar-refractivity contribution in [3.63, 3.8) is 0 Å². The lowest BCUT2D eigenvalue weighted by atomic mass is 9.89. The van der Waals surface area contributed by atoms with E-state index in [1.807, 2.05) is 103 Å². The van der Waals surface area contributed by atoms with Crippen LogP contribution >= 0.6 is 12.6 Å². The molecule has 6 heteroatoms. The molecule has 2 aromatic heterocycles. The quantitative estimate of drug-likeness (QED) is 0.110. The highest BCUT2D eigenvalue weighted by molar-refractivity contribution is 7.80. The molecule has 0 aliphatic heterocycles. The Morgan fingerprint density at radius 2 is 0.808 bits per heavy atom. The van der Waals surface area contributed by atoms with Crippen LogP contribution in [0.4, 0.5) is 0 Å². The van der Waals surface area contributed by atoms with Crippen molar-refractivity contribution < 1.29 is 13.9 Å². The van der Waals surface area contributed by atoms with Gasteiger partial charge in [0.2, 0.25) is 0 Å². The van der Waals surface area contributed by atoms with Gasteiger partial charge in [-0.2, -0.15) is 0 Å². The molecular weight excluding hydrogens is 665 g/mol. The minimum Gasteiger partial charge on any atom is -0.508 e. The van der Waals surface area contributed by atoms with Gasteiger partial charge in [-0.25, -0.2) is 9.59 Å². The van der Waals surface area contributed by atoms with E-state index in [4.69, 9.17) is 8.83 Å². The number of benzene rings is 8. The van der Waals surface area contributed by atoms with Crippen LogP contribution in [0.15, 0.2) is 169 Å². The second-order valence-electron chi connectivity index (χ2n) is 13.1. The van der Waals surface area contributed by atoms with Crippen LogP contribution < -0.4 is 11.3 Å². The number of aromatic hydroxyl groups is 1. The van der Waals surface area contributed by atoms with Crippen LogP contribution in [-0.2, 0) is 0 Å². The third-order valence-corrected chi connectivity index (χ3v) is 10.4. The van der Waals surface area contributed by atoms with Gasteiger partial charge >= 0.3 is 11.3 Å². The van der Waals surface area contributed by atoms with Crippen molar-refractivity contribution in [2.45, 2.75) is 4.90 Å². The Bertz CT molecular complexity index is 3040. The molecule has 0 saturated carbocycles. The van der Waals surface area contributed by atoms with Crippen molar-refractivity contribution >= 4 is 77.7 Å². The lowest BCUT2D eigenvalue weighted by molar-refractivity contribution is 0.476. The van der Waals surface area contributed by atoms with Gasteiger partial charge in [0.05, 0.1) is 11.1 Å². The predicted octanol–water partition coefficient (Wildman–Crippen LogP) is 11.5. The number of rotatable bonds is 3. The van der Waals surface area contributed by atoms with Crippen LogP contribution in [0, 0.1) is 0 Å². The Labute approximate surface area is 301 Å². The lowest BCUT2D eigenvalue weighted by Gasteiger charge is -2.15. The second-order valence-corrected chi connectivity index (χ2v) is 13.6. The van der Waals surface area contributed by atoms with Gasteiger partial charge in [0.25, 0.3) is 0 Å². The highest BCUT2D eigenvalue weighted by Gasteiger charge is 2.18. The maximum Gasteiger partial charge on any atom is 0.344 e. The number of thiol groups is 1. The number of phenolic OH excluding ortho intramolecular Hbond substituents is 1. The molecule has 0 spiro atoms. The van der Waals surface area contributed by atoms with Crippen molar-refractivity contribution in [3.05, 3.63) is 166 Å². The van der Waals surface area contributed by atoms with Gasteiger partial charge in [-0.3, -0.25) is 0 Å². The van der Waals surface area contributed by atoms with Crippen molar-refractivity contribution in [3.8, 4) is 39.1 Å². The summed E-state index contributed by atoms with van der Waals surface area (Å²) in [6, 6.07) is 46.6. The fourth-order valence-electron chi connectivity index (χ4n) is 7.77. The zero-order valence-electron chi connectivity index (χ0n) is 27.4. The Kier molecular flexibility index (Phi) is 6.65. The first-order chi connectivity index (χ1) is 25.4. The molecule has 0 amide bonds. The van der Waals surface area contributed by atoms with E-state index in [9.17, 15) is 14.7 Å². The number of hydrogen-bond donors (Lipinski definition) is 2. The Balaban J connectivity index is 1.16. The van der Waals surface area contributed by atoms with E-state index in [1.165, 1.54) is 0 Å². The predicted molar refractivity (Wildman–Crippen MR) is 214 cm³/mol.